The molecule has 1 N–H and O–H groups in total. The minimum atomic E-state index is -0.290. The Morgan fingerprint density at radius 3 is 2.76 bits per heavy atom. The van der Waals surface area contributed by atoms with Gasteiger partial charge in [0.05, 0.1) is 11.4 Å². The van der Waals surface area contributed by atoms with Crippen LogP contribution < -0.4 is 5.32 Å². The van der Waals surface area contributed by atoms with Gasteiger partial charge in [-0.2, -0.15) is 5.10 Å². The van der Waals surface area contributed by atoms with E-state index in [0.29, 0.717) is 18.0 Å². The Balaban J connectivity index is 1.73. The third kappa shape index (κ3) is 3.65. The molecule has 0 saturated heterocycles. The fourth-order valence-corrected chi connectivity index (χ4v) is 2.73. The van der Waals surface area contributed by atoms with Crippen LogP contribution in [0.3, 0.4) is 0 Å². The van der Waals surface area contributed by atoms with E-state index in [4.69, 9.17) is 8.94 Å². The molecule has 0 aliphatic carbocycles. The molecule has 0 aliphatic rings. The van der Waals surface area contributed by atoms with Crippen molar-refractivity contribution in [1.82, 2.24) is 14.9 Å². The van der Waals surface area contributed by atoms with E-state index in [1.54, 1.807) is 16.8 Å². The van der Waals surface area contributed by atoms with Crippen LogP contribution in [0.4, 0.5) is 5.82 Å². The van der Waals surface area contributed by atoms with Crippen LogP contribution in [0.2, 0.25) is 0 Å². The Hall–Kier alpha value is -2.83. The molecule has 0 fully saturated rings. The summed E-state index contributed by atoms with van der Waals surface area (Å²) in [6, 6.07) is 5.33. The third-order valence-corrected chi connectivity index (χ3v) is 4.00. The van der Waals surface area contributed by atoms with Crippen LogP contribution in [0.25, 0.3) is 0 Å². The fraction of sp³-hybridized carbons (Fsp3) is 0.389. The summed E-state index contributed by atoms with van der Waals surface area (Å²) < 4.78 is 12.6. The van der Waals surface area contributed by atoms with Crippen LogP contribution in [0.1, 0.15) is 52.4 Å². The lowest BCUT2D eigenvalue weighted by atomic mass is 10.1. The van der Waals surface area contributed by atoms with Crippen LogP contribution in [0.5, 0.6) is 0 Å². The first-order valence-electron chi connectivity index (χ1n) is 8.34. The van der Waals surface area contributed by atoms with Gasteiger partial charge in [-0.3, -0.25) is 4.79 Å². The molecular formula is C18H22N4O3. The van der Waals surface area contributed by atoms with Gasteiger partial charge in [0.2, 0.25) is 0 Å². The van der Waals surface area contributed by atoms with Gasteiger partial charge in [-0.25, -0.2) is 4.68 Å². The zero-order chi connectivity index (χ0) is 18.0. The Morgan fingerprint density at radius 2 is 2.08 bits per heavy atom. The SMILES string of the molecule is CCCn1nc(C)cc1NC(=O)c1ccc(Cc2c(C)noc2C)o1. The number of carbonyl (C=O) groups is 1. The molecule has 0 aromatic carbocycles. The Bertz CT molecular complexity index is 869. The number of amides is 1. The van der Waals surface area contributed by atoms with Gasteiger partial charge in [0.1, 0.15) is 17.3 Å². The second-order valence-electron chi connectivity index (χ2n) is 6.09. The van der Waals surface area contributed by atoms with Gasteiger partial charge in [-0.15, -0.1) is 0 Å². The summed E-state index contributed by atoms with van der Waals surface area (Å²) in [5.74, 6) is 2.11. The number of aryl methyl sites for hydroxylation is 4. The standard InChI is InChI=1S/C18H22N4O3/c1-5-8-22-17(9-11(2)20-22)19-18(23)16-7-6-14(24-16)10-15-12(3)21-25-13(15)4/h6-7,9H,5,8,10H2,1-4H3,(H,19,23). The Morgan fingerprint density at radius 1 is 1.28 bits per heavy atom. The van der Waals surface area contributed by atoms with Crippen LogP contribution in [0.15, 0.2) is 27.1 Å². The first kappa shape index (κ1) is 17.0. The molecule has 0 unspecified atom stereocenters. The van der Waals surface area contributed by atoms with Crippen molar-refractivity contribution in [2.45, 2.75) is 47.1 Å². The van der Waals surface area contributed by atoms with E-state index in [1.807, 2.05) is 26.8 Å². The van der Waals surface area contributed by atoms with E-state index in [-0.39, 0.29) is 11.7 Å². The van der Waals surface area contributed by atoms with Gasteiger partial charge in [-0.05, 0) is 39.3 Å². The highest BCUT2D eigenvalue weighted by Gasteiger charge is 2.17. The molecule has 132 valence electrons. The maximum atomic E-state index is 12.5. The molecule has 1 amide bonds. The topological polar surface area (TPSA) is 86.1 Å². The van der Waals surface area contributed by atoms with Crippen LogP contribution in [0, 0.1) is 20.8 Å². The van der Waals surface area contributed by atoms with Crippen LogP contribution in [-0.4, -0.2) is 20.8 Å². The summed E-state index contributed by atoms with van der Waals surface area (Å²) in [6.07, 6.45) is 1.48. The summed E-state index contributed by atoms with van der Waals surface area (Å²) in [5, 5.41) is 11.2. The number of nitrogens with zero attached hydrogens (tertiary/aromatic N) is 3. The molecule has 3 aromatic heterocycles. The summed E-state index contributed by atoms with van der Waals surface area (Å²) in [6.45, 7) is 8.47. The quantitative estimate of drug-likeness (QED) is 0.739. The summed E-state index contributed by atoms with van der Waals surface area (Å²) in [5.41, 5.74) is 2.68. The molecule has 3 heterocycles. The van der Waals surface area contributed by atoms with Crippen molar-refractivity contribution < 1.29 is 13.7 Å². The fourth-order valence-electron chi connectivity index (χ4n) is 2.73. The molecule has 7 heteroatoms. The number of rotatable bonds is 6. The van der Waals surface area contributed by atoms with Gasteiger partial charge < -0.3 is 14.3 Å². The summed E-state index contributed by atoms with van der Waals surface area (Å²) in [7, 11) is 0. The van der Waals surface area contributed by atoms with Crippen molar-refractivity contribution in [3.05, 3.63) is 52.4 Å². The summed E-state index contributed by atoms with van der Waals surface area (Å²) in [4.78, 5) is 12.5. The lowest BCUT2D eigenvalue weighted by Gasteiger charge is -2.06. The number of nitrogens with one attached hydrogen (secondary N) is 1. The zero-order valence-electron chi connectivity index (χ0n) is 14.9. The van der Waals surface area contributed by atoms with Gasteiger partial charge in [0.15, 0.2) is 5.76 Å². The monoisotopic (exact) mass is 342 g/mol. The molecule has 7 nitrogen and oxygen atoms in total. The molecule has 0 radical (unpaired) electrons. The molecule has 3 rings (SSSR count). The number of hydrogen-bond donors (Lipinski definition) is 1. The van der Waals surface area contributed by atoms with Crippen LogP contribution >= 0.6 is 0 Å². The van der Waals surface area contributed by atoms with Crippen molar-refractivity contribution in [3.8, 4) is 0 Å². The number of aromatic nitrogens is 3. The van der Waals surface area contributed by atoms with Crippen molar-refractivity contribution in [3.63, 3.8) is 0 Å². The number of anilines is 1. The van der Waals surface area contributed by atoms with Gasteiger partial charge in [0, 0.05) is 24.6 Å². The van der Waals surface area contributed by atoms with Crippen molar-refractivity contribution >= 4 is 11.7 Å². The minimum absolute atomic E-state index is 0.267. The van der Waals surface area contributed by atoms with Gasteiger partial charge in [0.25, 0.3) is 5.91 Å². The lowest BCUT2D eigenvalue weighted by Crippen LogP contribution is -2.15. The van der Waals surface area contributed by atoms with Gasteiger partial charge in [-0.1, -0.05) is 12.1 Å². The van der Waals surface area contributed by atoms with Gasteiger partial charge >= 0.3 is 0 Å². The van der Waals surface area contributed by atoms with E-state index < -0.39 is 0 Å². The average Bonchev–Trinajstić information content (AvgIpc) is 3.24. The highest BCUT2D eigenvalue weighted by atomic mass is 16.5. The van der Waals surface area contributed by atoms with E-state index in [9.17, 15) is 4.79 Å². The number of furan rings is 1. The maximum absolute atomic E-state index is 12.5. The van der Waals surface area contributed by atoms with E-state index in [1.165, 1.54) is 0 Å². The molecule has 25 heavy (non-hydrogen) atoms. The molecule has 0 bridgehead atoms. The number of carbonyl (C=O) groups excluding carboxylic acids is 1. The molecule has 0 atom stereocenters. The van der Waals surface area contributed by atoms with Crippen molar-refractivity contribution in [2.24, 2.45) is 0 Å². The zero-order valence-corrected chi connectivity index (χ0v) is 14.9. The Labute approximate surface area is 146 Å². The minimum Gasteiger partial charge on any atom is -0.456 e. The van der Waals surface area contributed by atoms with E-state index in [2.05, 4.69) is 22.5 Å². The third-order valence-electron chi connectivity index (χ3n) is 4.00. The molecule has 0 aliphatic heterocycles. The lowest BCUT2D eigenvalue weighted by molar-refractivity contribution is 0.0994. The predicted octanol–water partition coefficient (Wildman–Crippen LogP) is 3.64. The molecule has 3 aromatic rings. The highest BCUT2D eigenvalue weighted by molar-refractivity contribution is 6.01. The first-order chi connectivity index (χ1) is 12.0. The second-order valence-corrected chi connectivity index (χ2v) is 6.09. The van der Waals surface area contributed by atoms with E-state index in [0.717, 1.165) is 35.7 Å². The second kappa shape index (κ2) is 6.96. The normalized spacial score (nSPS) is 11.0. The molecule has 0 spiro atoms. The highest BCUT2D eigenvalue weighted by Crippen LogP contribution is 2.20. The largest absolute Gasteiger partial charge is 0.456 e. The predicted molar refractivity (Wildman–Crippen MR) is 92.7 cm³/mol. The first-order valence-corrected chi connectivity index (χ1v) is 8.34. The van der Waals surface area contributed by atoms with Crippen LogP contribution in [-0.2, 0) is 13.0 Å². The van der Waals surface area contributed by atoms with Crippen molar-refractivity contribution in [1.29, 1.82) is 0 Å². The number of hydrogen-bond acceptors (Lipinski definition) is 5. The Kier molecular flexibility index (Phi) is 4.74. The maximum Gasteiger partial charge on any atom is 0.292 e. The molecular weight excluding hydrogens is 320 g/mol. The smallest absolute Gasteiger partial charge is 0.292 e. The summed E-state index contributed by atoms with van der Waals surface area (Å²) >= 11 is 0. The molecule has 0 saturated carbocycles. The van der Waals surface area contributed by atoms with Crippen molar-refractivity contribution in [2.75, 3.05) is 5.32 Å². The van der Waals surface area contributed by atoms with E-state index >= 15 is 0 Å². The average molecular weight is 342 g/mol.